The first-order valence-corrected chi connectivity index (χ1v) is 8.17. The van der Waals surface area contributed by atoms with Crippen LogP contribution in [0.15, 0.2) is 29.1 Å². The molecule has 0 bridgehead atoms. The Kier molecular flexibility index (Phi) is 5.52. The molecule has 1 aromatic carbocycles. The fourth-order valence-corrected chi connectivity index (χ4v) is 2.61. The topological polar surface area (TPSA) is 108 Å². The highest BCUT2D eigenvalue weighted by Gasteiger charge is 2.15. The van der Waals surface area contributed by atoms with Crippen LogP contribution in [0.1, 0.15) is 11.3 Å². The van der Waals surface area contributed by atoms with Crippen LogP contribution in [0.2, 0.25) is 0 Å². The number of aromatic nitrogens is 2. The second-order valence-electron chi connectivity index (χ2n) is 5.79. The van der Waals surface area contributed by atoms with Gasteiger partial charge in [0.2, 0.25) is 5.95 Å². The molecule has 0 aliphatic carbocycles. The molecule has 0 unspecified atom stereocenters. The van der Waals surface area contributed by atoms with Crippen molar-refractivity contribution < 1.29 is 14.6 Å². The van der Waals surface area contributed by atoms with Gasteiger partial charge in [-0.3, -0.25) is 9.78 Å². The van der Waals surface area contributed by atoms with Gasteiger partial charge in [0.25, 0.3) is 5.56 Å². The number of hydrogen-bond acceptors (Lipinski definition) is 7. The average Bonchev–Trinajstić information content (AvgIpc) is 2.65. The summed E-state index contributed by atoms with van der Waals surface area (Å²) in [6.45, 7) is 1.68. The van der Waals surface area contributed by atoms with E-state index in [1.807, 2.05) is 12.1 Å². The number of methoxy groups -OCH3 is 1. The molecule has 1 aromatic heterocycles. The van der Waals surface area contributed by atoms with Gasteiger partial charge in [-0.2, -0.15) is 0 Å². The van der Waals surface area contributed by atoms with E-state index in [-0.39, 0.29) is 18.7 Å². The van der Waals surface area contributed by atoms with E-state index in [4.69, 9.17) is 9.47 Å². The van der Waals surface area contributed by atoms with E-state index in [0.29, 0.717) is 30.4 Å². The number of aliphatic hydroxyl groups is 1. The summed E-state index contributed by atoms with van der Waals surface area (Å²) in [6.07, 6.45) is -0.0831. The quantitative estimate of drug-likeness (QED) is 0.570. The zero-order valence-corrected chi connectivity index (χ0v) is 14.0. The minimum Gasteiger partial charge on any atom is -0.497 e. The van der Waals surface area contributed by atoms with Crippen molar-refractivity contribution in [3.05, 3.63) is 45.9 Å². The third-order valence-electron chi connectivity index (χ3n) is 3.93. The van der Waals surface area contributed by atoms with Gasteiger partial charge < -0.3 is 25.2 Å². The maximum Gasteiger partial charge on any atom is 0.255 e. The first-order valence-electron chi connectivity index (χ1n) is 8.17. The zero-order chi connectivity index (χ0) is 17.6. The highest BCUT2D eigenvalue weighted by atomic mass is 16.5. The lowest BCUT2D eigenvalue weighted by molar-refractivity contribution is 0.117. The van der Waals surface area contributed by atoms with Gasteiger partial charge in [0.1, 0.15) is 24.2 Å². The monoisotopic (exact) mass is 346 g/mol. The van der Waals surface area contributed by atoms with Crippen molar-refractivity contribution >= 4 is 5.95 Å². The Labute approximate surface area is 145 Å². The second kappa shape index (κ2) is 8.00. The lowest BCUT2D eigenvalue weighted by Gasteiger charge is -2.17. The number of nitrogens with zero attached hydrogens (tertiary/aromatic N) is 1. The third kappa shape index (κ3) is 4.49. The molecule has 8 nitrogen and oxygen atoms in total. The zero-order valence-electron chi connectivity index (χ0n) is 14.0. The minimum atomic E-state index is -0.759. The summed E-state index contributed by atoms with van der Waals surface area (Å²) < 4.78 is 10.7. The lowest BCUT2D eigenvalue weighted by Crippen LogP contribution is -2.33. The molecule has 1 atom stereocenters. The summed E-state index contributed by atoms with van der Waals surface area (Å²) in [6, 6.07) is 7.17. The predicted molar refractivity (Wildman–Crippen MR) is 93.3 cm³/mol. The van der Waals surface area contributed by atoms with Crippen molar-refractivity contribution in [1.29, 1.82) is 0 Å². The Hall–Kier alpha value is -2.58. The van der Waals surface area contributed by atoms with Crippen molar-refractivity contribution in [2.45, 2.75) is 19.1 Å². The lowest BCUT2D eigenvalue weighted by atomic mass is 10.1. The van der Waals surface area contributed by atoms with Crippen molar-refractivity contribution in [1.82, 2.24) is 15.3 Å². The molecular formula is C17H22N4O4. The van der Waals surface area contributed by atoms with Crippen molar-refractivity contribution in [2.24, 2.45) is 0 Å². The Morgan fingerprint density at radius 1 is 1.40 bits per heavy atom. The van der Waals surface area contributed by atoms with Gasteiger partial charge in [-0.05, 0) is 25.1 Å². The minimum absolute atomic E-state index is 0.108. The molecule has 25 heavy (non-hydrogen) atoms. The number of nitrogens with one attached hydrogen (secondary N) is 3. The van der Waals surface area contributed by atoms with Crippen molar-refractivity contribution in [3.63, 3.8) is 0 Å². The van der Waals surface area contributed by atoms with Crippen molar-refractivity contribution in [3.8, 4) is 11.5 Å². The molecule has 8 heteroatoms. The van der Waals surface area contributed by atoms with Gasteiger partial charge >= 0.3 is 0 Å². The molecule has 0 spiro atoms. The van der Waals surface area contributed by atoms with E-state index in [2.05, 4.69) is 20.6 Å². The number of ether oxygens (including phenoxy) is 2. The number of aromatic amines is 1. The van der Waals surface area contributed by atoms with Crippen LogP contribution in [0.3, 0.4) is 0 Å². The molecule has 1 aliphatic heterocycles. The van der Waals surface area contributed by atoms with E-state index in [0.717, 1.165) is 17.8 Å². The average molecular weight is 346 g/mol. The molecule has 3 rings (SSSR count). The second-order valence-corrected chi connectivity index (χ2v) is 5.79. The van der Waals surface area contributed by atoms with Crippen LogP contribution in [-0.4, -0.2) is 48.0 Å². The van der Waals surface area contributed by atoms with E-state index in [9.17, 15) is 9.90 Å². The summed E-state index contributed by atoms with van der Waals surface area (Å²) in [7, 11) is 1.58. The molecule has 4 N–H and O–H groups in total. The van der Waals surface area contributed by atoms with Gasteiger partial charge in [-0.15, -0.1) is 0 Å². The number of aliphatic hydroxyl groups excluding tert-OH is 1. The van der Waals surface area contributed by atoms with Crippen molar-refractivity contribution in [2.75, 3.05) is 32.1 Å². The fourth-order valence-electron chi connectivity index (χ4n) is 2.61. The summed E-state index contributed by atoms with van der Waals surface area (Å²) in [5.41, 5.74) is 1.35. The Morgan fingerprint density at radius 3 is 3.08 bits per heavy atom. The maximum atomic E-state index is 12.0. The summed E-state index contributed by atoms with van der Waals surface area (Å²) in [5.74, 6) is 1.66. The Balaban J connectivity index is 1.53. The third-order valence-corrected chi connectivity index (χ3v) is 3.93. The molecule has 1 aliphatic rings. The summed E-state index contributed by atoms with van der Waals surface area (Å²) >= 11 is 0. The standard InChI is InChI=1S/C17H22N4O4/c1-24-12-3-2-4-13(7-12)25-10-11(22)8-19-17-20-15-9-18-6-5-14(15)16(23)21-17/h2-4,7,11,18,22H,5-6,8-10H2,1H3,(H2,19,20,21,23)/t11-/m1/s1. The van der Waals surface area contributed by atoms with E-state index in [1.54, 1.807) is 19.2 Å². The Bertz CT molecular complexity index is 777. The maximum absolute atomic E-state index is 12.0. The SMILES string of the molecule is COc1cccc(OC[C@H](O)CNc2nc3c(c(=O)[nH]2)CCNC3)c1. The molecule has 2 aromatic rings. The number of hydrogen-bond donors (Lipinski definition) is 4. The normalized spacial score (nSPS) is 14.5. The van der Waals surface area contributed by atoms with Crippen LogP contribution >= 0.6 is 0 Å². The van der Waals surface area contributed by atoms with Crippen LogP contribution in [0.5, 0.6) is 11.5 Å². The van der Waals surface area contributed by atoms with E-state index < -0.39 is 6.10 Å². The van der Waals surface area contributed by atoms with Crippen LogP contribution < -0.4 is 25.7 Å². The van der Waals surface area contributed by atoms with Gasteiger partial charge in [-0.1, -0.05) is 6.07 Å². The Morgan fingerprint density at radius 2 is 2.24 bits per heavy atom. The van der Waals surface area contributed by atoms with Gasteiger partial charge in [0.05, 0.1) is 12.8 Å². The van der Waals surface area contributed by atoms with Crippen LogP contribution in [0.4, 0.5) is 5.95 Å². The predicted octanol–water partition coefficient (Wildman–Crippen LogP) is 0.276. The highest BCUT2D eigenvalue weighted by Crippen LogP contribution is 2.18. The van der Waals surface area contributed by atoms with Gasteiger partial charge in [0.15, 0.2) is 0 Å². The molecule has 0 fully saturated rings. The van der Waals surface area contributed by atoms with Crippen LogP contribution in [0, 0.1) is 0 Å². The molecule has 0 amide bonds. The fraction of sp³-hybridized carbons (Fsp3) is 0.412. The number of anilines is 1. The number of rotatable bonds is 7. The first-order chi connectivity index (χ1) is 12.2. The van der Waals surface area contributed by atoms with Gasteiger partial charge in [0, 0.05) is 24.7 Å². The smallest absolute Gasteiger partial charge is 0.255 e. The molecule has 0 radical (unpaired) electrons. The molecule has 2 heterocycles. The van der Waals surface area contributed by atoms with E-state index >= 15 is 0 Å². The molecule has 134 valence electrons. The van der Waals surface area contributed by atoms with Gasteiger partial charge in [-0.25, -0.2) is 4.98 Å². The number of fused-ring (bicyclic) bond motifs is 1. The van der Waals surface area contributed by atoms with Crippen LogP contribution in [0.25, 0.3) is 0 Å². The molecule has 0 saturated carbocycles. The molecular weight excluding hydrogens is 324 g/mol. The molecule has 0 saturated heterocycles. The van der Waals surface area contributed by atoms with Crippen LogP contribution in [-0.2, 0) is 13.0 Å². The number of H-pyrrole nitrogens is 1. The first kappa shape index (κ1) is 17.2. The highest BCUT2D eigenvalue weighted by molar-refractivity contribution is 5.33. The largest absolute Gasteiger partial charge is 0.497 e. The van der Waals surface area contributed by atoms with E-state index in [1.165, 1.54) is 0 Å². The summed E-state index contributed by atoms with van der Waals surface area (Å²) in [4.78, 5) is 19.1. The number of benzene rings is 1. The summed E-state index contributed by atoms with van der Waals surface area (Å²) in [5, 5.41) is 16.2.